The molecular weight excluding hydrogens is 434 g/mol. The van der Waals surface area contributed by atoms with Crippen LogP contribution in [0.4, 0.5) is 5.69 Å². The summed E-state index contributed by atoms with van der Waals surface area (Å²) in [6.45, 7) is 5.00. The van der Waals surface area contributed by atoms with Gasteiger partial charge in [-0.3, -0.25) is 4.79 Å². The third kappa shape index (κ3) is 3.96. The van der Waals surface area contributed by atoms with E-state index in [9.17, 15) is 4.79 Å². The molecule has 2 unspecified atom stereocenters. The van der Waals surface area contributed by atoms with Crippen molar-refractivity contribution in [3.8, 4) is 17.3 Å². The Kier molecular flexibility index (Phi) is 5.33. The van der Waals surface area contributed by atoms with Crippen LogP contribution in [0.3, 0.4) is 0 Å². The van der Waals surface area contributed by atoms with Gasteiger partial charge in [0.25, 0.3) is 0 Å². The van der Waals surface area contributed by atoms with Gasteiger partial charge in [-0.05, 0) is 37.6 Å². The summed E-state index contributed by atoms with van der Waals surface area (Å²) in [4.78, 5) is 18.2. The number of nitrogens with one attached hydrogen (secondary N) is 1. The maximum Gasteiger partial charge on any atom is 0.231 e. The number of nitrogens with zero attached hydrogens (tertiary/aromatic N) is 4. The molecule has 2 atom stereocenters. The first kappa shape index (κ1) is 21.0. The van der Waals surface area contributed by atoms with Crippen LogP contribution in [0.15, 0.2) is 47.0 Å². The summed E-state index contributed by atoms with van der Waals surface area (Å²) in [5, 5.41) is 8.67. The van der Waals surface area contributed by atoms with Gasteiger partial charge in [0.2, 0.25) is 11.8 Å². The average molecular weight is 462 g/mol. The minimum Gasteiger partial charge on any atom is -0.477 e. The highest BCUT2D eigenvalue weighted by atomic mass is 16.5. The Morgan fingerprint density at radius 1 is 1.26 bits per heavy atom. The molecule has 1 amide bonds. The highest BCUT2D eigenvalue weighted by molar-refractivity contribution is 5.94. The van der Waals surface area contributed by atoms with Crippen molar-refractivity contribution in [2.45, 2.75) is 38.3 Å². The molecule has 176 valence electrons. The standard InChI is InChI=1S/C25H27N5O4/c1-16-15-29(10-12-32-16)19-3-2-4-21-18(19)13-22(34-21)20-14-26-23-6-8-25(28-30(20)23)33-11-9-17-5-7-24(31)27-17/h2-4,6,8,13-14,16-17H,5,7,9-12,15H2,1H3,(H,27,31). The van der Waals surface area contributed by atoms with Crippen molar-refractivity contribution in [3.63, 3.8) is 0 Å². The monoisotopic (exact) mass is 461 g/mol. The maximum absolute atomic E-state index is 11.4. The number of imidazole rings is 1. The van der Waals surface area contributed by atoms with Crippen molar-refractivity contribution in [1.82, 2.24) is 19.9 Å². The van der Waals surface area contributed by atoms with Crippen molar-refractivity contribution >= 4 is 28.2 Å². The van der Waals surface area contributed by atoms with Gasteiger partial charge in [-0.2, -0.15) is 0 Å². The zero-order valence-electron chi connectivity index (χ0n) is 19.1. The molecule has 1 aromatic carbocycles. The van der Waals surface area contributed by atoms with Crippen LogP contribution < -0.4 is 15.0 Å². The second kappa shape index (κ2) is 8.64. The summed E-state index contributed by atoms with van der Waals surface area (Å²) < 4.78 is 19.6. The Hall–Kier alpha value is -3.59. The first-order valence-corrected chi connectivity index (χ1v) is 11.8. The van der Waals surface area contributed by atoms with Crippen LogP contribution in [0.25, 0.3) is 28.1 Å². The van der Waals surface area contributed by atoms with Gasteiger partial charge in [-0.1, -0.05) is 6.07 Å². The molecule has 2 aliphatic rings. The van der Waals surface area contributed by atoms with E-state index < -0.39 is 0 Å². The molecule has 1 N–H and O–H groups in total. The van der Waals surface area contributed by atoms with Crippen LogP contribution in [-0.2, 0) is 9.53 Å². The molecule has 0 radical (unpaired) electrons. The van der Waals surface area contributed by atoms with E-state index in [2.05, 4.69) is 39.4 Å². The lowest BCUT2D eigenvalue weighted by Crippen LogP contribution is -2.41. The van der Waals surface area contributed by atoms with Gasteiger partial charge < -0.3 is 24.1 Å². The van der Waals surface area contributed by atoms with E-state index in [4.69, 9.17) is 13.9 Å². The molecule has 2 saturated heterocycles. The largest absolute Gasteiger partial charge is 0.477 e. The molecule has 2 aliphatic heterocycles. The Balaban J connectivity index is 1.26. The predicted molar refractivity (Wildman–Crippen MR) is 127 cm³/mol. The summed E-state index contributed by atoms with van der Waals surface area (Å²) in [6, 6.07) is 12.1. The number of anilines is 1. The summed E-state index contributed by atoms with van der Waals surface area (Å²) in [5.74, 6) is 1.33. The first-order chi connectivity index (χ1) is 16.6. The summed E-state index contributed by atoms with van der Waals surface area (Å²) in [5.41, 5.74) is 3.45. The van der Waals surface area contributed by atoms with Crippen molar-refractivity contribution in [1.29, 1.82) is 0 Å². The molecule has 4 aromatic rings. The third-order valence-corrected chi connectivity index (χ3v) is 6.51. The zero-order chi connectivity index (χ0) is 23.1. The van der Waals surface area contributed by atoms with Gasteiger partial charge >= 0.3 is 0 Å². The number of ether oxygens (including phenoxy) is 2. The first-order valence-electron chi connectivity index (χ1n) is 11.8. The van der Waals surface area contributed by atoms with Crippen LogP contribution in [0.1, 0.15) is 26.2 Å². The van der Waals surface area contributed by atoms with E-state index in [1.807, 2.05) is 24.3 Å². The Labute approximate surface area is 196 Å². The number of furan rings is 1. The number of carbonyl (C=O) groups is 1. The van der Waals surface area contributed by atoms with Crippen LogP contribution >= 0.6 is 0 Å². The second-order valence-electron chi connectivity index (χ2n) is 8.95. The minimum atomic E-state index is 0.115. The molecular formula is C25H27N5O4. The lowest BCUT2D eigenvalue weighted by atomic mass is 10.1. The lowest BCUT2D eigenvalue weighted by Gasteiger charge is -2.33. The fraction of sp³-hybridized carbons (Fsp3) is 0.400. The van der Waals surface area contributed by atoms with Crippen LogP contribution in [-0.4, -0.2) is 59.0 Å². The van der Waals surface area contributed by atoms with Gasteiger partial charge in [0.05, 0.1) is 25.5 Å². The van der Waals surface area contributed by atoms with E-state index in [-0.39, 0.29) is 18.1 Å². The fourth-order valence-corrected chi connectivity index (χ4v) is 4.79. The molecule has 9 heteroatoms. The summed E-state index contributed by atoms with van der Waals surface area (Å²) >= 11 is 0. The number of fused-ring (bicyclic) bond motifs is 2. The number of aromatic nitrogens is 3. The molecule has 2 fully saturated rings. The van der Waals surface area contributed by atoms with E-state index in [1.54, 1.807) is 10.7 Å². The van der Waals surface area contributed by atoms with Crippen molar-refractivity contribution in [2.75, 3.05) is 31.2 Å². The second-order valence-corrected chi connectivity index (χ2v) is 8.95. The lowest BCUT2D eigenvalue weighted by molar-refractivity contribution is -0.119. The number of benzene rings is 1. The molecule has 0 aliphatic carbocycles. The van der Waals surface area contributed by atoms with Crippen LogP contribution in [0, 0.1) is 0 Å². The van der Waals surface area contributed by atoms with Gasteiger partial charge in [0.15, 0.2) is 11.4 Å². The topological polar surface area (TPSA) is 94.1 Å². The van der Waals surface area contributed by atoms with Crippen molar-refractivity contribution in [3.05, 3.63) is 42.6 Å². The SMILES string of the molecule is CC1CN(c2cccc3oc(-c4cnc5ccc(OCCC6CCC(=O)N6)nn45)cc23)CCO1. The number of hydrogen-bond donors (Lipinski definition) is 1. The summed E-state index contributed by atoms with van der Waals surface area (Å²) in [6.07, 6.45) is 4.18. The van der Waals surface area contributed by atoms with Gasteiger partial charge in [-0.25, -0.2) is 9.50 Å². The average Bonchev–Trinajstić information content (AvgIpc) is 3.56. The van der Waals surface area contributed by atoms with Crippen LogP contribution in [0.2, 0.25) is 0 Å². The van der Waals surface area contributed by atoms with Crippen molar-refractivity contribution < 1.29 is 18.7 Å². The smallest absolute Gasteiger partial charge is 0.231 e. The summed E-state index contributed by atoms with van der Waals surface area (Å²) in [7, 11) is 0. The Bertz CT molecular complexity index is 1350. The highest BCUT2D eigenvalue weighted by Gasteiger charge is 2.22. The molecule has 5 heterocycles. The molecule has 0 bridgehead atoms. The normalized spacial score (nSPS) is 20.9. The quantitative estimate of drug-likeness (QED) is 0.470. The third-order valence-electron chi connectivity index (χ3n) is 6.51. The molecule has 0 spiro atoms. The van der Waals surface area contributed by atoms with E-state index in [1.165, 1.54) is 0 Å². The molecule has 6 rings (SSSR count). The maximum atomic E-state index is 11.4. The molecule has 0 saturated carbocycles. The highest BCUT2D eigenvalue weighted by Crippen LogP contribution is 2.35. The van der Waals surface area contributed by atoms with Gasteiger partial charge in [0.1, 0.15) is 11.3 Å². The van der Waals surface area contributed by atoms with Crippen LogP contribution in [0.5, 0.6) is 5.88 Å². The van der Waals surface area contributed by atoms with E-state index in [0.717, 1.165) is 54.9 Å². The molecule has 34 heavy (non-hydrogen) atoms. The van der Waals surface area contributed by atoms with E-state index in [0.29, 0.717) is 30.3 Å². The molecule has 3 aromatic heterocycles. The fourth-order valence-electron chi connectivity index (χ4n) is 4.79. The van der Waals surface area contributed by atoms with Crippen molar-refractivity contribution in [2.24, 2.45) is 0 Å². The minimum absolute atomic E-state index is 0.115. The number of amides is 1. The number of carbonyl (C=O) groups excluding carboxylic acids is 1. The molecule has 9 nitrogen and oxygen atoms in total. The number of morpholine rings is 1. The predicted octanol–water partition coefficient (Wildman–Crippen LogP) is 3.42. The number of rotatable bonds is 6. The Morgan fingerprint density at radius 3 is 3.06 bits per heavy atom. The van der Waals surface area contributed by atoms with Gasteiger partial charge in [0, 0.05) is 49.1 Å². The van der Waals surface area contributed by atoms with Gasteiger partial charge in [-0.15, -0.1) is 5.10 Å². The Morgan fingerprint density at radius 2 is 2.21 bits per heavy atom. The number of hydrogen-bond acceptors (Lipinski definition) is 7. The van der Waals surface area contributed by atoms with E-state index >= 15 is 0 Å². The zero-order valence-corrected chi connectivity index (χ0v) is 19.1.